The molecule has 7 heteroatoms. The molecule has 1 N–H and O–H groups in total. The van der Waals surface area contributed by atoms with Crippen LogP contribution in [0, 0.1) is 0 Å². The van der Waals surface area contributed by atoms with Crippen molar-refractivity contribution in [2.24, 2.45) is 0 Å². The number of hydrogen-bond acceptors (Lipinski definition) is 4. The molecule has 1 aliphatic heterocycles. The standard InChI is InChI=1S/C12H23N3O4/c1-13(8-9-19-2)12(18)15-5-3-4-14(6-7-15)10-11(16)17/h3-10H2,1-2H3,(H,16,17). The highest BCUT2D eigenvalue weighted by atomic mass is 16.5. The van der Waals surface area contributed by atoms with Gasteiger partial charge in [-0.1, -0.05) is 0 Å². The zero-order valence-corrected chi connectivity index (χ0v) is 11.7. The van der Waals surface area contributed by atoms with Crippen LogP contribution in [0.15, 0.2) is 0 Å². The number of nitrogens with zero attached hydrogens (tertiary/aromatic N) is 3. The molecule has 7 nitrogen and oxygen atoms in total. The maximum atomic E-state index is 12.1. The Bertz CT molecular complexity index is 311. The van der Waals surface area contributed by atoms with Crippen molar-refractivity contribution in [3.8, 4) is 0 Å². The summed E-state index contributed by atoms with van der Waals surface area (Å²) in [7, 11) is 3.36. The number of carbonyl (C=O) groups excluding carboxylic acids is 1. The molecular formula is C12H23N3O4. The summed E-state index contributed by atoms with van der Waals surface area (Å²) in [5.41, 5.74) is 0. The highest BCUT2D eigenvalue weighted by molar-refractivity contribution is 5.74. The van der Waals surface area contributed by atoms with Gasteiger partial charge in [0.05, 0.1) is 13.2 Å². The molecular weight excluding hydrogens is 250 g/mol. The van der Waals surface area contributed by atoms with Crippen LogP contribution in [0.4, 0.5) is 4.79 Å². The normalized spacial score (nSPS) is 17.1. The van der Waals surface area contributed by atoms with Crippen molar-refractivity contribution in [2.75, 3.05) is 60.0 Å². The van der Waals surface area contributed by atoms with Crippen molar-refractivity contribution >= 4 is 12.0 Å². The quantitative estimate of drug-likeness (QED) is 0.749. The summed E-state index contributed by atoms with van der Waals surface area (Å²) >= 11 is 0. The van der Waals surface area contributed by atoms with Gasteiger partial charge in [0, 0.05) is 46.9 Å². The van der Waals surface area contributed by atoms with Gasteiger partial charge in [-0.3, -0.25) is 9.69 Å². The molecule has 110 valence electrons. The summed E-state index contributed by atoms with van der Waals surface area (Å²) in [5.74, 6) is -0.822. The van der Waals surface area contributed by atoms with Crippen LogP contribution >= 0.6 is 0 Å². The van der Waals surface area contributed by atoms with Crippen molar-refractivity contribution in [2.45, 2.75) is 6.42 Å². The van der Waals surface area contributed by atoms with E-state index in [0.717, 1.165) is 13.0 Å². The molecule has 1 heterocycles. The Hall–Kier alpha value is -1.34. The third kappa shape index (κ3) is 5.44. The summed E-state index contributed by atoms with van der Waals surface area (Å²) in [6, 6.07) is -0.0192. The van der Waals surface area contributed by atoms with Gasteiger partial charge in [-0.2, -0.15) is 0 Å². The second-order valence-corrected chi connectivity index (χ2v) is 4.71. The Kier molecular flexibility index (Phi) is 6.58. The van der Waals surface area contributed by atoms with Gasteiger partial charge < -0.3 is 19.6 Å². The predicted octanol–water partition coefficient (Wildman–Crippen LogP) is -0.223. The van der Waals surface area contributed by atoms with E-state index in [9.17, 15) is 9.59 Å². The van der Waals surface area contributed by atoms with E-state index in [2.05, 4.69) is 0 Å². The van der Waals surface area contributed by atoms with E-state index in [-0.39, 0.29) is 12.6 Å². The van der Waals surface area contributed by atoms with Gasteiger partial charge >= 0.3 is 12.0 Å². The molecule has 1 saturated heterocycles. The van der Waals surface area contributed by atoms with Crippen molar-refractivity contribution < 1.29 is 19.4 Å². The average molecular weight is 273 g/mol. The third-order valence-electron chi connectivity index (χ3n) is 3.18. The van der Waals surface area contributed by atoms with Crippen LogP contribution < -0.4 is 0 Å². The van der Waals surface area contributed by atoms with Crippen LogP contribution in [0.5, 0.6) is 0 Å². The van der Waals surface area contributed by atoms with E-state index in [1.807, 2.05) is 4.90 Å². The first-order valence-electron chi connectivity index (χ1n) is 6.47. The van der Waals surface area contributed by atoms with Crippen LogP contribution in [0.3, 0.4) is 0 Å². The molecule has 0 atom stereocenters. The van der Waals surface area contributed by atoms with Gasteiger partial charge in [-0.15, -0.1) is 0 Å². The zero-order valence-electron chi connectivity index (χ0n) is 11.7. The van der Waals surface area contributed by atoms with Gasteiger partial charge in [0.15, 0.2) is 0 Å². The first-order valence-corrected chi connectivity index (χ1v) is 6.47. The Morgan fingerprint density at radius 3 is 2.63 bits per heavy atom. The molecule has 0 bridgehead atoms. The molecule has 0 aliphatic carbocycles. The Morgan fingerprint density at radius 2 is 2.00 bits per heavy atom. The second kappa shape index (κ2) is 7.96. The Balaban J connectivity index is 2.43. The monoisotopic (exact) mass is 273 g/mol. The lowest BCUT2D eigenvalue weighted by atomic mass is 10.4. The van der Waals surface area contributed by atoms with E-state index in [4.69, 9.17) is 9.84 Å². The van der Waals surface area contributed by atoms with Crippen molar-refractivity contribution in [3.63, 3.8) is 0 Å². The highest BCUT2D eigenvalue weighted by Gasteiger charge is 2.22. The SMILES string of the molecule is COCCN(C)C(=O)N1CCCN(CC(=O)O)CC1. The number of hydrogen-bond donors (Lipinski definition) is 1. The second-order valence-electron chi connectivity index (χ2n) is 4.71. The van der Waals surface area contributed by atoms with Gasteiger partial charge in [0.2, 0.25) is 0 Å². The van der Waals surface area contributed by atoms with Gasteiger partial charge in [0.25, 0.3) is 0 Å². The lowest BCUT2D eigenvalue weighted by Gasteiger charge is -2.27. The number of aliphatic carboxylic acids is 1. The number of carbonyl (C=O) groups is 2. The minimum atomic E-state index is -0.822. The lowest BCUT2D eigenvalue weighted by Crippen LogP contribution is -2.44. The predicted molar refractivity (Wildman–Crippen MR) is 70.2 cm³/mol. The number of urea groups is 1. The van der Waals surface area contributed by atoms with Crippen molar-refractivity contribution in [3.05, 3.63) is 0 Å². The summed E-state index contributed by atoms with van der Waals surface area (Å²) in [6.07, 6.45) is 0.803. The van der Waals surface area contributed by atoms with E-state index in [1.165, 1.54) is 0 Å². The van der Waals surface area contributed by atoms with Gasteiger partial charge in [-0.25, -0.2) is 4.79 Å². The Labute approximate surface area is 113 Å². The number of carboxylic acids is 1. The fourth-order valence-corrected chi connectivity index (χ4v) is 2.08. The van der Waals surface area contributed by atoms with Crippen LogP contribution in [0.1, 0.15) is 6.42 Å². The minimum absolute atomic E-state index is 0.0192. The van der Waals surface area contributed by atoms with Crippen LogP contribution in [0.25, 0.3) is 0 Å². The average Bonchev–Trinajstić information content (AvgIpc) is 2.60. The topological polar surface area (TPSA) is 73.3 Å². The van der Waals surface area contributed by atoms with Crippen LogP contribution in [0.2, 0.25) is 0 Å². The molecule has 0 aromatic rings. The Morgan fingerprint density at radius 1 is 1.26 bits per heavy atom. The number of ether oxygens (including phenoxy) is 1. The first kappa shape index (κ1) is 15.7. The maximum absolute atomic E-state index is 12.1. The molecule has 0 aromatic heterocycles. The summed E-state index contributed by atoms with van der Waals surface area (Å²) in [4.78, 5) is 28.1. The van der Waals surface area contributed by atoms with E-state index < -0.39 is 5.97 Å². The van der Waals surface area contributed by atoms with Crippen LogP contribution in [-0.2, 0) is 9.53 Å². The number of rotatable bonds is 5. The summed E-state index contributed by atoms with van der Waals surface area (Å²) < 4.78 is 4.95. The fraction of sp³-hybridized carbons (Fsp3) is 0.833. The van der Waals surface area contributed by atoms with Crippen molar-refractivity contribution in [1.82, 2.24) is 14.7 Å². The largest absolute Gasteiger partial charge is 0.480 e. The molecule has 0 aromatic carbocycles. The molecule has 0 unspecified atom stereocenters. The maximum Gasteiger partial charge on any atom is 0.319 e. The summed E-state index contributed by atoms with van der Waals surface area (Å²) in [6.45, 7) is 3.69. The molecule has 1 rings (SSSR count). The number of carboxylic acid groups (broad SMARTS) is 1. The van der Waals surface area contributed by atoms with Gasteiger partial charge in [0.1, 0.15) is 0 Å². The molecule has 2 amide bonds. The van der Waals surface area contributed by atoms with Gasteiger partial charge in [-0.05, 0) is 6.42 Å². The molecule has 19 heavy (non-hydrogen) atoms. The van der Waals surface area contributed by atoms with E-state index >= 15 is 0 Å². The zero-order chi connectivity index (χ0) is 14.3. The third-order valence-corrected chi connectivity index (χ3v) is 3.18. The number of likely N-dealkylation sites (N-methyl/N-ethyl adjacent to an activating group) is 1. The molecule has 0 spiro atoms. The first-order chi connectivity index (χ1) is 9.04. The van der Waals surface area contributed by atoms with E-state index in [1.54, 1.807) is 24.0 Å². The van der Waals surface area contributed by atoms with Crippen LogP contribution in [-0.4, -0.2) is 91.8 Å². The van der Waals surface area contributed by atoms with Crippen molar-refractivity contribution in [1.29, 1.82) is 0 Å². The smallest absolute Gasteiger partial charge is 0.319 e. The molecule has 0 saturated carbocycles. The highest BCUT2D eigenvalue weighted by Crippen LogP contribution is 2.05. The molecule has 1 fully saturated rings. The number of methoxy groups -OCH3 is 1. The summed E-state index contributed by atoms with van der Waals surface area (Å²) in [5, 5.41) is 8.77. The minimum Gasteiger partial charge on any atom is -0.480 e. The molecule has 1 aliphatic rings. The molecule has 0 radical (unpaired) electrons. The number of amides is 2. The van der Waals surface area contributed by atoms with E-state index in [0.29, 0.717) is 32.8 Å². The fourth-order valence-electron chi connectivity index (χ4n) is 2.08. The lowest BCUT2D eigenvalue weighted by molar-refractivity contribution is -0.138.